The number of halogens is 1. The number of hydrogen-bond donors (Lipinski definition) is 2. The number of amides is 1. The van der Waals surface area contributed by atoms with E-state index in [1.807, 2.05) is 12.1 Å². The summed E-state index contributed by atoms with van der Waals surface area (Å²) < 4.78 is 1.64. The third-order valence-corrected chi connectivity index (χ3v) is 4.09. The molecule has 9 heteroatoms. The lowest BCUT2D eigenvalue weighted by molar-refractivity contribution is -0.119. The topological polar surface area (TPSA) is 98.2 Å². The van der Waals surface area contributed by atoms with E-state index in [1.165, 1.54) is 11.8 Å². The van der Waals surface area contributed by atoms with Gasteiger partial charge in [0.1, 0.15) is 0 Å². The summed E-state index contributed by atoms with van der Waals surface area (Å²) in [7, 11) is 0. The maximum absolute atomic E-state index is 11.3. The predicted molar refractivity (Wildman–Crippen MR) is 81.0 cm³/mol. The second kappa shape index (κ2) is 5.84. The Labute approximate surface area is 129 Å². The lowest BCUT2D eigenvalue weighted by atomic mass is 10.2. The summed E-state index contributed by atoms with van der Waals surface area (Å²) in [4.78, 5) is 11.3. The summed E-state index contributed by atoms with van der Waals surface area (Å²) in [5.41, 5.74) is 3.67. The maximum atomic E-state index is 11.3. The van der Waals surface area contributed by atoms with Crippen LogP contribution in [-0.4, -0.2) is 32.2 Å². The van der Waals surface area contributed by atoms with Crippen LogP contribution in [0.3, 0.4) is 0 Å². The van der Waals surface area contributed by atoms with E-state index >= 15 is 0 Å². The molecule has 0 atom stereocenters. The molecule has 3 rings (SSSR count). The zero-order valence-corrected chi connectivity index (χ0v) is 12.4. The lowest BCUT2D eigenvalue weighted by Crippen LogP contribution is -2.32. The fraction of sp³-hybridized carbons (Fsp3) is 0.167. The molecule has 0 saturated carbocycles. The van der Waals surface area contributed by atoms with E-state index in [4.69, 9.17) is 17.4 Å². The van der Waals surface area contributed by atoms with Gasteiger partial charge in [0.15, 0.2) is 5.82 Å². The SMILES string of the molecule is NNC(=O)CC1=Nn2c(nnc2-c2ccc(Cl)cc2)SC1. The molecular formula is C12H11ClN6OS. The number of rotatable bonds is 3. The van der Waals surface area contributed by atoms with Gasteiger partial charge in [-0.15, -0.1) is 10.2 Å². The number of fused-ring (bicyclic) bond motifs is 1. The lowest BCUT2D eigenvalue weighted by Gasteiger charge is -2.13. The molecule has 21 heavy (non-hydrogen) atoms. The van der Waals surface area contributed by atoms with Gasteiger partial charge in [0.05, 0.1) is 12.1 Å². The van der Waals surface area contributed by atoms with Crippen molar-refractivity contribution in [1.29, 1.82) is 0 Å². The number of hydrazine groups is 1. The number of benzene rings is 1. The van der Waals surface area contributed by atoms with Gasteiger partial charge in [-0.3, -0.25) is 10.2 Å². The molecule has 0 bridgehead atoms. The standard InChI is InChI=1S/C12H11ClN6OS/c13-8-3-1-7(2-4-8)11-16-17-12-19(11)18-9(6-21-12)5-10(20)15-14/h1-4H,5-6,14H2,(H,15,20). The quantitative estimate of drug-likeness (QED) is 0.504. The van der Waals surface area contributed by atoms with E-state index in [-0.39, 0.29) is 12.3 Å². The molecule has 108 valence electrons. The minimum absolute atomic E-state index is 0.154. The number of thioether (sulfide) groups is 1. The van der Waals surface area contributed by atoms with Gasteiger partial charge in [-0.1, -0.05) is 23.4 Å². The molecule has 0 spiro atoms. The van der Waals surface area contributed by atoms with E-state index in [0.29, 0.717) is 27.5 Å². The molecular weight excluding hydrogens is 312 g/mol. The van der Waals surface area contributed by atoms with Crippen molar-refractivity contribution in [3.05, 3.63) is 29.3 Å². The monoisotopic (exact) mass is 322 g/mol. The molecule has 0 saturated heterocycles. The van der Waals surface area contributed by atoms with Crippen LogP contribution in [0.15, 0.2) is 34.5 Å². The van der Waals surface area contributed by atoms with Gasteiger partial charge in [0, 0.05) is 16.3 Å². The number of carbonyl (C=O) groups is 1. The molecule has 1 aliphatic heterocycles. The highest BCUT2D eigenvalue weighted by Crippen LogP contribution is 2.28. The van der Waals surface area contributed by atoms with Crippen molar-refractivity contribution in [3.8, 4) is 11.4 Å². The average molecular weight is 323 g/mol. The van der Waals surface area contributed by atoms with Crippen molar-refractivity contribution in [2.24, 2.45) is 10.9 Å². The van der Waals surface area contributed by atoms with Crippen LogP contribution in [0.2, 0.25) is 5.02 Å². The highest BCUT2D eigenvalue weighted by molar-refractivity contribution is 7.99. The first-order chi connectivity index (χ1) is 10.2. The van der Waals surface area contributed by atoms with E-state index in [2.05, 4.69) is 20.7 Å². The fourth-order valence-electron chi connectivity index (χ4n) is 1.87. The van der Waals surface area contributed by atoms with Crippen LogP contribution in [0.25, 0.3) is 11.4 Å². The van der Waals surface area contributed by atoms with Crippen molar-refractivity contribution in [1.82, 2.24) is 20.3 Å². The van der Waals surface area contributed by atoms with Crippen molar-refractivity contribution in [2.45, 2.75) is 11.6 Å². The molecule has 0 aliphatic carbocycles. The Bertz CT molecular complexity index is 711. The molecule has 0 radical (unpaired) electrons. The van der Waals surface area contributed by atoms with Crippen LogP contribution in [0.5, 0.6) is 0 Å². The second-order valence-electron chi connectivity index (χ2n) is 4.32. The molecule has 7 nitrogen and oxygen atoms in total. The first-order valence-electron chi connectivity index (χ1n) is 6.07. The predicted octanol–water partition coefficient (Wildman–Crippen LogP) is 1.29. The number of hydrogen-bond acceptors (Lipinski definition) is 6. The Morgan fingerprint density at radius 1 is 1.38 bits per heavy atom. The maximum Gasteiger partial charge on any atom is 0.239 e. The van der Waals surface area contributed by atoms with Gasteiger partial charge < -0.3 is 0 Å². The first-order valence-corrected chi connectivity index (χ1v) is 7.44. The van der Waals surface area contributed by atoms with Gasteiger partial charge in [0.25, 0.3) is 0 Å². The largest absolute Gasteiger partial charge is 0.294 e. The Balaban J connectivity index is 1.95. The molecule has 0 unspecified atom stereocenters. The van der Waals surface area contributed by atoms with Gasteiger partial charge in [-0.2, -0.15) is 9.78 Å². The summed E-state index contributed by atoms with van der Waals surface area (Å²) in [6.45, 7) is 0. The Morgan fingerprint density at radius 3 is 2.86 bits per heavy atom. The molecule has 1 aromatic heterocycles. The number of aromatic nitrogens is 3. The van der Waals surface area contributed by atoms with Crippen molar-refractivity contribution < 1.29 is 4.79 Å². The third-order valence-electron chi connectivity index (χ3n) is 2.85. The summed E-state index contributed by atoms with van der Waals surface area (Å²) in [6.07, 6.45) is 0.154. The second-order valence-corrected chi connectivity index (χ2v) is 5.70. The smallest absolute Gasteiger partial charge is 0.239 e. The Kier molecular flexibility index (Phi) is 3.91. The molecule has 1 aromatic carbocycles. The molecule has 3 N–H and O–H groups in total. The highest BCUT2D eigenvalue weighted by atomic mass is 35.5. The number of nitrogens with zero attached hydrogens (tertiary/aromatic N) is 4. The molecule has 2 heterocycles. The molecule has 0 fully saturated rings. The van der Waals surface area contributed by atoms with Crippen molar-refractivity contribution >= 4 is 35.0 Å². The minimum atomic E-state index is -0.279. The molecule has 2 aromatic rings. The van der Waals surface area contributed by atoms with E-state index in [0.717, 1.165) is 5.56 Å². The van der Waals surface area contributed by atoms with Crippen LogP contribution in [0, 0.1) is 0 Å². The van der Waals surface area contributed by atoms with E-state index in [9.17, 15) is 4.79 Å². The number of carbonyl (C=O) groups excluding carboxylic acids is 1. The van der Waals surface area contributed by atoms with Gasteiger partial charge in [-0.25, -0.2) is 5.84 Å². The number of nitrogens with two attached hydrogens (primary N) is 1. The average Bonchev–Trinajstić information content (AvgIpc) is 2.91. The summed E-state index contributed by atoms with van der Waals surface area (Å²) in [5, 5.41) is 14.0. The number of nitrogens with one attached hydrogen (secondary N) is 1. The Hall–Kier alpha value is -1.90. The van der Waals surface area contributed by atoms with Crippen LogP contribution in [0.1, 0.15) is 6.42 Å². The van der Waals surface area contributed by atoms with Crippen LogP contribution >= 0.6 is 23.4 Å². The molecule has 1 aliphatic rings. The summed E-state index contributed by atoms with van der Waals surface area (Å²) in [6, 6.07) is 7.25. The van der Waals surface area contributed by atoms with Gasteiger partial charge >= 0.3 is 0 Å². The zero-order valence-electron chi connectivity index (χ0n) is 10.8. The van der Waals surface area contributed by atoms with Gasteiger partial charge in [-0.05, 0) is 24.3 Å². The van der Waals surface area contributed by atoms with Crippen molar-refractivity contribution in [3.63, 3.8) is 0 Å². The third kappa shape index (κ3) is 2.92. The highest BCUT2D eigenvalue weighted by Gasteiger charge is 2.20. The summed E-state index contributed by atoms with van der Waals surface area (Å²) >= 11 is 7.36. The molecule has 1 amide bonds. The van der Waals surface area contributed by atoms with E-state index < -0.39 is 0 Å². The first kappa shape index (κ1) is 14.1. The minimum Gasteiger partial charge on any atom is -0.294 e. The van der Waals surface area contributed by atoms with Crippen LogP contribution in [-0.2, 0) is 4.79 Å². The Morgan fingerprint density at radius 2 is 2.14 bits per heavy atom. The van der Waals surface area contributed by atoms with Crippen molar-refractivity contribution in [2.75, 3.05) is 5.75 Å². The van der Waals surface area contributed by atoms with Gasteiger partial charge in [0.2, 0.25) is 11.1 Å². The fourth-order valence-corrected chi connectivity index (χ4v) is 2.80. The van der Waals surface area contributed by atoms with E-state index in [1.54, 1.807) is 16.8 Å². The zero-order chi connectivity index (χ0) is 14.8. The van der Waals surface area contributed by atoms with Crippen LogP contribution in [0.4, 0.5) is 0 Å². The van der Waals surface area contributed by atoms with Crippen LogP contribution < -0.4 is 11.3 Å². The summed E-state index contributed by atoms with van der Waals surface area (Å²) in [5.74, 6) is 6.01. The normalized spacial score (nSPS) is 13.5.